The van der Waals surface area contributed by atoms with Crippen molar-refractivity contribution in [2.45, 2.75) is 18.1 Å². The third-order valence-corrected chi connectivity index (χ3v) is 1.32. The van der Waals surface area contributed by atoms with Gasteiger partial charge in [-0.2, -0.15) is 0 Å². The molecule has 0 spiro atoms. The van der Waals surface area contributed by atoms with Crippen LogP contribution in [0.3, 0.4) is 0 Å². The Morgan fingerprint density at radius 1 is 1.67 bits per heavy atom. The molecule has 0 radical (unpaired) electrons. The molecule has 0 fully saturated rings. The summed E-state index contributed by atoms with van der Waals surface area (Å²) < 4.78 is 9.87. The average Bonchev–Trinajstić information content (AvgIpc) is 2.14. The van der Waals surface area contributed by atoms with E-state index in [0.717, 1.165) is 0 Å². The van der Waals surface area contributed by atoms with Crippen LogP contribution in [0.5, 0.6) is 0 Å². The first-order chi connectivity index (χ1) is 4.20. The molecule has 0 aromatic heterocycles. The van der Waals surface area contributed by atoms with Crippen molar-refractivity contribution in [3.8, 4) is 0 Å². The van der Waals surface area contributed by atoms with E-state index in [0.29, 0.717) is 5.76 Å². The molecule has 0 bridgehead atoms. The van der Waals surface area contributed by atoms with Crippen LogP contribution in [0.2, 0.25) is 0 Å². The maximum atomic E-state index is 5.44. The molecule has 1 heterocycles. The molecule has 1 atom stereocenters. The van der Waals surface area contributed by atoms with Crippen molar-refractivity contribution in [3.05, 3.63) is 12.0 Å². The second-order valence-electron chi connectivity index (χ2n) is 1.64. The van der Waals surface area contributed by atoms with Gasteiger partial charge in [0.2, 0.25) is 6.29 Å². The Bertz CT molecular complexity index is 133. The minimum atomic E-state index is -0.616. The van der Waals surface area contributed by atoms with Gasteiger partial charge in [-0.1, -0.05) is 23.2 Å². The van der Waals surface area contributed by atoms with Crippen LogP contribution in [0.1, 0.15) is 6.92 Å². The van der Waals surface area contributed by atoms with Gasteiger partial charge in [0.1, 0.15) is 6.26 Å². The topological polar surface area (TPSA) is 18.5 Å². The zero-order valence-electron chi connectivity index (χ0n) is 4.80. The number of rotatable bonds is 1. The van der Waals surface area contributed by atoms with Gasteiger partial charge in [-0.3, -0.25) is 0 Å². The molecular weight excluding hydrogens is 163 g/mol. The number of hydrogen-bond acceptors (Lipinski definition) is 2. The monoisotopic (exact) mass is 168 g/mol. The molecule has 0 N–H and O–H groups in total. The third-order valence-electron chi connectivity index (χ3n) is 0.893. The summed E-state index contributed by atoms with van der Waals surface area (Å²) in [5.74, 6) is 0.478. The van der Waals surface area contributed by atoms with E-state index >= 15 is 0 Å². The van der Waals surface area contributed by atoms with Crippen LogP contribution in [0, 0.1) is 0 Å². The van der Waals surface area contributed by atoms with Gasteiger partial charge >= 0.3 is 0 Å². The van der Waals surface area contributed by atoms with E-state index in [9.17, 15) is 0 Å². The molecule has 1 aliphatic heterocycles. The standard InChI is InChI=1S/C5H6Cl2O2/c1-3-8-2-4(9-3)5(6)7/h2-3,5H,1H3. The van der Waals surface area contributed by atoms with Crippen molar-refractivity contribution < 1.29 is 9.47 Å². The molecule has 9 heavy (non-hydrogen) atoms. The highest BCUT2D eigenvalue weighted by molar-refractivity contribution is 6.45. The highest BCUT2D eigenvalue weighted by Crippen LogP contribution is 2.22. The zero-order chi connectivity index (χ0) is 6.85. The fraction of sp³-hybridized carbons (Fsp3) is 0.600. The first-order valence-electron chi connectivity index (χ1n) is 2.50. The summed E-state index contributed by atoms with van der Waals surface area (Å²) in [6.07, 6.45) is 1.18. The number of ether oxygens (including phenoxy) is 2. The molecule has 0 aromatic carbocycles. The first-order valence-corrected chi connectivity index (χ1v) is 3.38. The van der Waals surface area contributed by atoms with Crippen LogP contribution in [-0.2, 0) is 9.47 Å². The molecule has 4 heteroatoms. The molecule has 0 aliphatic carbocycles. The van der Waals surface area contributed by atoms with E-state index in [4.69, 9.17) is 32.7 Å². The molecule has 1 aliphatic rings. The fourth-order valence-corrected chi connectivity index (χ4v) is 0.719. The number of halogens is 2. The minimum absolute atomic E-state index is 0.250. The smallest absolute Gasteiger partial charge is 0.237 e. The van der Waals surface area contributed by atoms with Crippen LogP contribution in [0.15, 0.2) is 12.0 Å². The van der Waals surface area contributed by atoms with Gasteiger partial charge < -0.3 is 9.47 Å². The second-order valence-corrected chi connectivity index (χ2v) is 2.74. The van der Waals surface area contributed by atoms with Crippen LogP contribution in [0.25, 0.3) is 0 Å². The molecule has 0 amide bonds. The Hall–Kier alpha value is -0.0800. The lowest BCUT2D eigenvalue weighted by Gasteiger charge is -2.04. The van der Waals surface area contributed by atoms with Crippen molar-refractivity contribution in [2.75, 3.05) is 0 Å². The van der Waals surface area contributed by atoms with Gasteiger partial charge in [-0.15, -0.1) is 0 Å². The van der Waals surface area contributed by atoms with Crippen LogP contribution in [-0.4, -0.2) is 11.1 Å². The van der Waals surface area contributed by atoms with Gasteiger partial charge in [0.25, 0.3) is 0 Å². The number of alkyl halides is 2. The normalized spacial score (nSPS) is 25.3. The largest absolute Gasteiger partial charge is 0.459 e. The van der Waals surface area contributed by atoms with Gasteiger partial charge in [0.15, 0.2) is 10.6 Å². The highest BCUT2D eigenvalue weighted by atomic mass is 35.5. The van der Waals surface area contributed by atoms with Crippen molar-refractivity contribution in [2.24, 2.45) is 0 Å². The van der Waals surface area contributed by atoms with Gasteiger partial charge in [0.05, 0.1) is 0 Å². The van der Waals surface area contributed by atoms with E-state index in [1.165, 1.54) is 6.26 Å². The summed E-state index contributed by atoms with van der Waals surface area (Å²) in [5.41, 5.74) is 0. The van der Waals surface area contributed by atoms with Gasteiger partial charge in [0, 0.05) is 6.92 Å². The zero-order valence-corrected chi connectivity index (χ0v) is 6.32. The molecule has 1 rings (SSSR count). The Kier molecular flexibility index (Phi) is 2.09. The first kappa shape index (κ1) is 7.03. The quantitative estimate of drug-likeness (QED) is 0.559. The Balaban J connectivity index is 2.45. The number of hydrogen-bond donors (Lipinski definition) is 0. The van der Waals surface area contributed by atoms with E-state index in [2.05, 4.69) is 0 Å². The SMILES string of the molecule is CC1OC=C(C(Cl)Cl)O1. The summed E-state index contributed by atoms with van der Waals surface area (Å²) in [6, 6.07) is 0. The van der Waals surface area contributed by atoms with E-state index in [-0.39, 0.29) is 6.29 Å². The van der Waals surface area contributed by atoms with E-state index < -0.39 is 4.84 Å². The molecule has 0 saturated heterocycles. The van der Waals surface area contributed by atoms with Gasteiger partial charge in [-0.25, -0.2) is 0 Å². The maximum Gasteiger partial charge on any atom is 0.237 e. The molecule has 0 saturated carbocycles. The van der Waals surface area contributed by atoms with Crippen molar-refractivity contribution in [1.82, 2.24) is 0 Å². The molecule has 52 valence electrons. The van der Waals surface area contributed by atoms with E-state index in [1.807, 2.05) is 0 Å². The second kappa shape index (κ2) is 2.67. The fourth-order valence-electron chi connectivity index (χ4n) is 0.513. The summed E-state index contributed by atoms with van der Waals surface area (Å²) in [5, 5.41) is 0. The Labute approximate surface area is 63.3 Å². The van der Waals surface area contributed by atoms with Crippen molar-refractivity contribution in [3.63, 3.8) is 0 Å². The Morgan fingerprint density at radius 3 is 2.56 bits per heavy atom. The maximum absolute atomic E-state index is 5.44. The summed E-state index contributed by atoms with van der Waals surface area (Å²) >= 11 is 10.9. The predicted molar refractivity (Wildman–Crippen MR) is 35.2 cm³/mol. The summed E-state index contributed by atoms with van der Waals surface area (Å²) in [6.45, 7) is 1.76. The molecule has 2 nitrogen and oxygen atoms in total. The predicted octanol–water partition coefficient (Wildman–Crippen LogP) is 2.02. The third kappa shape index (κ3) is 1.66. The van der Waals surface area contributed by atoms with Crippen molar-refractivity contribution in [1.29, 1.82) is 0 Å². The van der Waals surface area contributed by atoms with E-state index in [1.54, 1.807) is 6.92 Å². The lowest BCUT2D eigenvalue weighted by molar-refractivity contribution is -0.0149. The molecule has 1 unspecified atom stereocenters. The number of allylic oxidation sites excluding steroid dienone is 1. The lowest BCUT2D eigenvalue weighted by atomic mass is 10.6. The van der Waals surface area contributed by atoms with Crippen LogP contribution in [0.4, 0.5) is 0 Å². The van der Waals surface area contributed by atoms with Gasteiger partial charge in [-0.05, 0) is 0 Å². The summed E-state index contributed by atoms with van der Waals surface area (Å²) in [4.78, 5) is -0.616. The molecule has 0 aromatic rings. The summed E-state index contributed by atoms with van der Waals surface area (Å²) in [7, 11) is 0. The Morgan fingerprint density at radius 2 is 2.33 bits per heavy atom. The van der Waals surface area contributed by atoms with Crippen LogP contribution >= 0.6 is 23.2 Å². The molecular formula is C5H6Cl2O2. The highest BCUT2D eigenvalue weighted by Gasteiger charge is 2.19. The minimum Gasteiger partial charge on any atom is -0.459 e. The average molecular weight is 169 g/mol. The van der Waals surface area contributed by atoms with Crippen molar-refractivity contribution >= 4 is 23.2 Å². The lowest BCUT2D eigenvalue weighted by Crippen LogP contribution is -2.03. The van der Waals surface area contributed by atoms with Crippen LogP contribution < -0.4 is 0 Å².